The van der Waals surface area contributed by atoms with Crippen molar-refractivity contribution in [3.8, 4) is 18.0 Å². The number of ether oxygens (including phenoxy) is 3. The van der Waals surface area contributed by atoms with Crippen molar-refractivity contribution in [2.45, 2.75) is 19.4 Å². The van der Waals surface area contributed by atoms with E-state index in [1.807, 2.05) is 11.8 Å². The van der Waals surface area contributed by atoms with Crippen molar-refractivity contribution in [3.63, 3.8) is 0 Å². The van der Waals surface area contributed by atoms with E-state index in [0.717, 1.165) is 18.5 Å². The van der Waals surface area contributed by atoms with E-state index in [9.17, 15) is 0 Å². The van der Waals surface area contributed by atoms with Crippen LogP contribution in [-0.4, -0.2) is 58.3 Å². The van der Waals surface area contributed by atoms with E-state index in [2.05, 4.69) is 24.9 Å². The number of anilines is 1. The smallest absolute Gasteiger partial charge is 0.324 e. The zero-order valence-corrected chi connectivity index (χ0v) is 13.3. The molecule has 0 aliphatic carbocycles. The van der Waals surface area contributed by atoms with Gasteiger partial charge in [-0.25, -0.2) is 9.97 Å². The lowest BCUT2D eigenvalue weighted by Crippen LogP contribution is -2.26. The van der Waals surface area contributed by atoms with Crippen LogP contribution in [0.15, 0.2) is 12.4 Å². The van der Waals surface area contributed by atoms with Crippen LogP contribution in [0.4, 0.5) is 5.95 Å². The van der Waals surface area contributed by atoms with Gasteiger partial charge >= 0.3 is 18.0 Å². The second-order valence-corrected chi connectivity index (χ2v) is 5.13. The van der Waals surface area contributed by atoms with Crippen molar-refractivity contribution in [1.82, 2.24) is 24.9 Å². The molecule has 1 atom stereocenters. The third-order valence-corrected chi connectivity index (χ3v) is 3.40. The topological polar surface area (TPSA) is 95.4 Å². The zero-order chi connectivity index (χ0) is 16.2. The quantitative estimate of drug-likeness (QED) is 0.787. The molecule has 1 aliphatic rings. The lowest BCUT2D eigenvalue weighted by molar-refractivity contribution is 0.205. The molecule has 3 rings (SSSR count). The second-order valence-electron chi connectivity index (χ2n) is 5.13. The molecule has 1 aliphatic heterocycles. The zero-order valence-electron chi connectivity index (χ0n) is 13.3. The minimum atomic E-state index is -0.0218. The van der Waals surface area contributed by atoms with Crippen LogP contribution >= 0.6 is 0 Å². The SMILES string of the molecule is COc1nc(OC)nc(N2CCC(Oc3ncc(C)cn3)C2)n1. The van der Waals surface area contributed by atoms with Gasteiger partial charge < -0.3 is 19.1 Å². The fourth-order valence-corrected chi connectivity index (χ4v) is 2.25. The van der Waals surface area contributed by atoms with Crippen LogP contribution in [0.5, 0.6) is 18.0 Å². The molecule has 0 saturated carbocycles. The van der Waals surface area contributed by atoms with Crippen molar-refractivity contribution in [2.24, 2.45) is 0 Å². The molecular formula is C14H18N6O3. The Balaban J connectivity index is 1.68. The maximum absolute atomic E-state index is 5.80. The first kappa shape index (κ1) is 15.2. The standard InChI is InChI=1S/C14H18N6O3/c1-9-6-15-12(16-7-9)23-10-4-5-20(8-10)11-17-13(21-2)19-14(18-11)22-3/h6-7,10H,4-5,8H2,1-3H3. The molecule has 0 bridgehead atoms. The van der Waals surface area contributed by atoms with E-state index in [-0.39, 0.29) is 18.1 Å². The number of aromatic nitrogens is 5. The van der Waals surface area contributed by atoms with E-state index >= 15 is 0 Å². The van der Waals surface area contributed by atoms with Gasteiger partial charge in [0.1, 0.15) is 6.10 Å². The Kier molecular flexibility index (Phi) is 4.35. The summed E-state index contributed by atoms with van der Waals surface area (Å²) in [6, 6.07) is 0.824. The Hall–Kier alpha value is -2.71. The lowest BCUT2D eigenvalue weighted by Gasteiger charge is -2.17. The Labute approximate surface area is 133 Å². The molecule has 9 nitrogen and oxygen atoms in total. The van der Waals surface area contributed by atoms with Crippen LogP contribution in [0.25, 0.3) is 0 Å². The summed E-state index contributed by atoms with van der Waals surface area (Å²) >= 11 is 0. The minimum Gasteiger partial charge on any atom is -0.467 e. The molecule has 0 spiro atoms. The number of aryl methyl sites for hydroxylation is 1. The van der Waals surface area contributed by atoms with Gasteiger partial charge in [-0.1, -0.05) is 0 Å². The highest BCUT2D eigenvalue weighted by Crippen LogP contribution is 2.22. The lowest BCUT2D eigenvalue weighted by atomic mass is 10.3. The van der Waals surface area contributed by atoms with E-state index in [1.54, 1.807) is 12.4 Å². The molecule has 1 fully saturated rings. The van der Waals surface area contributed by atoms with Crippen LogP contribution in [0, 0.1) is 6.92 Å². The molecule has 0 radical (unpaired) electrons. The van der Waals surface area contributed by atoms with Crippen LogP contribution < -0.4 is 19.1 Å². The molecule has 0 N–H and O–H groups in total. The number of nitrogens with zero attached hydrogens (tertiary/aromatic N) is 6. The molecule has 3 heterocycles. The predicted octanol–water partition coefficient (Wildman–Crippen LogP) is 0.645. The predicted molar refractivity (Wildman–Crippen MR) is 80.9 cm³/mol. The van der Waals surface area contributed by atoms with Crippen molar-refractivity contribution in [2.75, 3.05) is 32.2 Å². The van der Waals surface area contributed by atoms with Gasteiger partial charge in [0.15, 0.2) is 0 Å². The second kappa shape index (κ2) is 6.59. The van der Waals surface area contributed by atoms with E-state index in [0.29, 0.717) is 18.5 Å². The summed E-state index contributed by atoms with van der Waals surface area (Å²) in [5.41, 5.74) is 0.995. The summed E-state index contributed by atoms with van der Waals surface area (Å²) in [5, 5.41) is 0. The van der Waals surface area contributed by atoms with Crippen LogP contribution in [0.3, 0.4) is 0 Å². The number of hydrogen-bond donors (Lipinski definition) is 0. The number of hydrogen-bond acceptors (Lipinski definition) is 9. The third-order valence-electron chi connectivity index (χ3n) is 3.40. The van der Waals surface area contributed by atoms with Gasteiger partial charge in [-0.15, -0.1) is 4.98 Å². The average Bonchev–Trinajstić information content (AvgIpc) is 3.05. The van der Waals surface area contributed by atoms with E-state index < -0.39 is 0 Å². The Morgan fingerprint density at radius 2 is 1.65 bits per heavy atom. The molecule has 1 unspecified atom stereocenters. The van der Waals surface area contributed by atoms with Gasteiger partial charge in [0, 0.05) is 25.4 Å². The molecule has 2 aromatic rings. The van der Waals surface area contributed by atoms with Crippen LogP contribution in [0.2, 0.25) is 0 Å². The largest absolute Gasteiger partial charge is 0.467 e. The highest BCUT2D eigenvalue weighted by molar-refractivity contribution is 5.34. The van der Waals surface area contributed by atoms with Crippen molar-refractivity contribution in [3.05, 3.63) is 18.0 Å². The van der Waals surface area contributed by atoms with Crippen molar-refractivity contribution in [1.29, 1.82) is 0 Å². The number of methoxy groups -OCH3 is 2. The summed E-state index contributed by atoms with van der Waals surface area (Å²) in [5.74, 6) is 0.504. The van der Waals surface area contributed by atoms with Crippen molar-refractivity contribution >= 4 is 5.95 Å². The maximum Gasteiger partial charge on any atom is 0.324 e. The highest BCUT2D eigenvalue weighted by Gasteiger charge is 2.27. The summed E-state index contributed by atoms with van der Waals surface area (Å²) < 4.78 is 15.9. The average molecular weight is 318 g/mol. The van der Waals surface area contributed by atoms with Crippen LogP contribution in [0.1, 0.15) is 12.0 Å². The van der Waals surface area contributed by atoms with E-state index in [4.69, 9.17) is 14.2 Å². The van der Waals surface area contributed by atoms with E-state index in [1.165, 1.54) is 14.2 Å². The first-order chi connectivity index (χ1) is 11.2. The summed E-state index contributed by atoms with van der Waals surface area (Å²) in [6.45, 7) is 3.32. The van der Waals surface area contributed by atoms with Gasteiger partial charge in [-0.05, 0) is 12.5 Å². The van der Waals surface area contributed by atoms with Crippen LogP contribution in [-0.2, 0) is 0 Å². The monoisotopic (exact) mass is 318 g/mol. The summed E-state index contributed by atoms with van der Waals surface area (Å²) in [7, 11) is 3.01. The summed E-state index contributed by atoms with van der Waals surface area (Å²) in [6.07, 6.45) is 4.27. The Bertz CT molecular complexity index is 644. The fraction of sp³-hybridized carbons (Fsp3) is 0.500. The van der Waals surface area contributed by atoms with Crippen molar-refractivity contribution < 1.29 is 14.2 Å². The Morgan fingerprint density at radius 3 is 2.26 bits per heavy atom. The molecule has 23 heavy (non-hydrogen) atoms. The first-order valence-electron chi connectivity index (χ1n) is 7.22. The Morgan fingerprint density at radius 1 is 1.00 bits per heavy atom. The highest BCUT2D eigenvalue weighted by atomic mass is 16.5. The molecule has 122 valence electrons. The molecule has 9 heteroatoms. The summed E-state index contributed by atoms with van der Waals surface area (Å²) in [4.78, 5) is 22.8. The van der Waals surface area contributed by atoms with Gasteiger partial charge in [0.25, 0.3) is 0 Å². The molecule has 0 aromatic carbocycles. The normalized spacial score (nSPS) is 17.2. The fourth-order valence-electron chi connectivity index (χ4n) is 2.25. The molecule has 1 saturated heterocycles. The van der Waals surface area contributed by atoms with Gasteiger partial charge in [0.2, 0.25) is 5.95 Å². The van der Waals surface area contributed by atoms with Gasteiger partial charge in [-0.2, -0.15) is 9.97 Å². The molecule has 0 amide bonds. The number of rotatable bonds is 5. The third kappa shape index (κ3) is 3.55. The molecule has 2 aromatic heterocycles. The van der Waals surface area contributed by atoms with Gasteiger partial charge in [0.05, 0.1) is 20.8 Å². The minimum absolute atomic E-state index is 0.0218. The molecular weight excluding hydrogens is 300 g/mol. The first-order valence-corrected chi connectivity index (χ1v) is 7.22. The van der Waals surface area contributed by atoms with Gasteiger partial charge in [-0.3, -0.25) is 0 Å². The maximum atomic E-state index is 5.80.